The number of hydrogen-bond donors (Lipinski definition) is 1. The van der Waals surface area contributed by atoms with Crippen LogP contribution in [0.25, 0.3) is 0 Å². The van der Waals surface area contributed by atoms with Crippen molar-refractivity contribution in [1.82, 2.24) is 14.5 Å². The molecule has 1 aliphatic heterocycles. The molecule has 2 aromatic rings. The van der Waals surface area contributed by atoms with E-state index in [1.807, 2.05) is 0 Å². The number of sulfonamides is 1. The second-order valence-electron chi connectivity index (χ2n) is 8.90. The molecule has 33 heavy (non-hydrogen) atoms. The van der Waals surface area contributed by atoms with Crippen molar-refractivity contribution in [3.05, 3.63) is 65.2 Å². The summed E-state index contributed by atoms with van der Waals surface area (Å²) in [6.07, 6.45) is 0.777. The maximum Gasteiger partial charge on any atom is 0.247 e. The average Bonchev–Trinajstić information content (AvgIpc) is 2.77. The maximum absolute atomic E-state index is 13.4. The third-order valence-electron chi connectivity index (χ3n) is 5.82. The monoisotopic (exact) mass is 491 g/mol. The number of nitrogens with one attached hydrogen (secondary N) is 1. The van der Waals surface area contributed by atoms with E-state index >= 15 is 0 Å². The molecule has 9 heteroatoms. The molecule has 2 aromatic carbocycles. The molecule has 1 heterocycles. The van der Waals surface area contributed by atoms with Gasteiger partial charge in [0.1, 0.15) is 5.54 Å². The number of hydrogen-bond acceptors (Lipinski definition) is 4. The summed E-state index contributed by atoms with van der Waals surface area (Å²) < 4.78 is 27.6. The Hall–Kier alpha value is -2.42. The Kier molecular flexibility index (Phi) is 7.82. The molecule has 0 bridgehead atoms. The highest BCUT2D eigenvalue weighted by Gasteiger charge is 2.50. The molecule has 1 atom stereocenters. The lowest BCUT2D eigenvalue weighted by Crippen LogP contribution is -2.69. The van der Waals surface area contributed by atoms with Crippen molar-refractivity contribution >= 4 is 33.4 Å². The van der Waals surface area contributed by atoms with Gasteiger partial charge in [0, 0.05) is 24.7 Å². The van der Waals surface area contributed by atoms with Crippen LogP contribution in [0.15, 0.2) is 59.5 Å². The number of carbonyl (C=O) groups excluding carboxylic acids is 2. The molecule has 0 spiro atoms. The Labute approximate surface area is 200 Å². The SMILES string of the molecule is CC(C)CCNC(=O)[C@]1(C)CN(S(=O)(=O)c2ccccc2)CC(=O)N1Cc1ccc(Cl)cc1. The van der Waals surface area contributed by atoms with Gasteiger partial charge < -0.3 is 10.2 Å². The van der Waals surface area contributed by atoms with Gasteiger partial charge in [0.15, 0.2) is 0 Å². The summed E-state index contributed by atoms with van der Waals surface area (Å²) in [5.74, 6) is -0.415. The highest BCUT2D eigenvalue weighted by molar-refractivity contribution is 7.89. The zero-order chi connectivity index (χ0) is 24.2. The number of piperazine rings is 1. The molecular formula is C24H30ClN3O4S. The van der Waals surface area contributed by atoms with E-state index in [2.05, 4.69) is 19.2 Å². The highest BCUT2D eigenvalue weighted by Crippen LogP contribution is 2.29. The van der Waals surface area contributed by atoms with Gasteiger partial charge >= 0.3 is 0 Å². The van der Waals surface area contributed by atoms with Gasteiger partial charge in [0.2, 0.25) is 21.8 Å². The third-order valence-corrected chi connectivity index (χ3v) is 7.88. The second kappa shape index (κ2) is 10.2. The third kappa shape index (κ3) is 5.75. The summed E-state index contributed by atoms with van der Waals surface area (Å²) in [5.41, 5.74) is -0.582. The molecule has 2 amide bonds. The van der Waals surface area contributed by atoms with E-state index in [0.29, 0.717) is 17.5 Å². The molecule has 1 fully saturated rings. The van der Waals surface area contributed by atoms with Crippen molar-refractivity contribution in [1.29, 1.82) is 0 Å². The quantitative estimate of drug-likeness (QED) is 0.613. The van der Waals surface area contributed by atoms with Crippen LogP contribution in [0.3, 0.4) is 0 Å². The molecule has 3 rings (SSSR count). The van der Waals surface area contributed by atoms with Crippen LogP contribution in [0.1, 0.15) is 32.8 Å². The van der Waals surface area contributed by atoms with E-state index in [-0.39, 0.29) is 30.4 Å². The lowest BCUT2D eigenvalue weighted by Gasteiger charge is -2.46. The minimum absolute atomic E-state index is 0.0894. The first-order chi connectivity index (χ1) is 15.5. The lowest BCUT2D eigenvalue weighted by molar-refractivity contribution is -0.153. The Morgan fingerprint density at radius 2 is 1.76 bits per heavy atom. The molecule has 0 radical (unpaired) electrons. The number of nitrogens with zero attached hydrogens (tertiary/aromatic N) is 2. The molecule has 0 aromatic heterocycles. The molecule has 178 valence electrons. The topological polar surface area (TPSA) is 86.8 Å². The standard InChI is InChI=1S/C24H30ClN3O4S/c1-18(2)13-14-26-23(30)24(3)17-27(33(31,32)21-7-5-4-6-8-21)16-22(29)28(24)15-19-9-11-20(25)12-10-19/h4-12,18H,13-17H2,1-3H3,(H,26,30)/t24-/m0/s1. The summed E-state index contributed by atoms with van der Waals surface area (Å²) in [4.78, 5) is 28.2. The van der Waals surface area contributed by atoms with Gasteiger partial charge in [-0.05, 0) is 49.1 Å². The molecule has 1 N–H and O–H groups in total. The van der Waals surface area contributed by atoms with Crippen molar-refractivity contribution in [2.45, 2.75) is 44.2 Å². The molecule has 1 saturated heterocycles. The largest absolute Gasteiger partial charge is 0.354 e. The summed E-state index contributed by atoms with van der Waals surface area (Å²) in [6, 6.07) is 15.0. The van der Waals surface area contributed by atoms with Crippen molar-refractivity contribution in [2.75, 3.05) is 19.6 Å². The van der Waals surface area contributed by atoms with E-state index in [9.17, 15) is 18.0 Å². The number of carbonyl (C=O) groups is 2. The van der Waals surface area contributed by atoms with Gasteiger partial charge in [-0.15, -0.1) is 0 Å². The van der Waals surface area contributed by atoms with E-state index < -0.39 is 21.5 Å². The minimum atomic E-state index is -3.95. The van der Waals surface area contributed by atoms with Gasteiger partial charge in [0.25, 0.3) is 0 Å². The fraction of sp³-hybridized carbons (Fsp3) is 0.417. The lowest BCUT2D eigenvalue weighted by atomic mass is 9.94. The van der Waals surface area contributed by atoms with Gasteiger partial charge in [-0.2, -0.15) is 4.31 Å². The molecular weight excluding hydrogens is 462 g/mol. The van der Waals surface area contributed by atoms with E-state index in [0.717, 1.165) is 16.3 Å². The fourth-order valence-corrected chi connectivity index (χ4v) is 5.43. The number of benzene rings is 2. The van der Waals surface area contributed by atoms with Crippen molar-refractivity contribution in [3.63, 3.8) is 0 Å². The molecule has 0 saturated carbocycles. The predicted octanol–water partition coefficient (Wildman–Crippen LogP) is 3.29. The summed E-state index contributed by atoms with van der Waals surface area (Å²) >= 11 is 5.98. The van der Waals surface area contributed by atoms with Crippen LogP contribution in [0.4, 0.5) is 0 Å². The zero-order valence-electron chi connectivity index (χ0n) is 19.1. The molecule has 1 aliphatic rings. The predicted molar refractivity (Wildman–Crippen MR) is 128 cm³/mol. The second-order valence-corrected chi connectivity index (χ2v) is 11.3. The summed E-state index contributed by atoms with van der Waals surface area (Å²) in [5, 5.41) is 3.47. The van der Waals surface area contributed by atoms with Crippen LogP contribution in [0.2, 0.25) is 5.02 Å². The van der Waals surface area contributed by atoms with E-state index in [1.54, 1.807) is 49.4 Å². The van der Waals surface area contributed by atoms with Gasteiger partial charge in [-0.1, -0.05) is 55.8 Å². The van der Waals surface area contributed by atoms with Crippen LogP contribution in [0, 0.1) is 5.92 Å². The summed E-state index contributed by atoms with van der Waals surface area (Å²) in [6.45, 7) is 5.87. The highest BCUT2D eigenvalue weighted by atomic mass is 35.5. The molecule has 7 nitrogen and oxygen atoms in total. The van der Waals surface area contributed by atoms with Crippen molar-refractivity contribution in [3.8, 4) is 0 Å². The van der Waals surface area contributed by atoms with Crippen LogP contribution in [-0.4, -0.2) is 54.6 Å². The number of halogens is 1. The normalized spacial score (nSPS) is 19.7. The Morgan fingerprint density at radius 3 is 2.36 bits per heavy atom. The first-order valence-electron chi connectivity index (χ1n) is 10.9. The van der Waals surface area contributed by atoms with Crippen LogP contribution in [-0.2, 0) is 26.2 Å². The van der Waals surface area contributed by atoms with Crippen LogP contribution >= 0.6 is 11.6 Å². The van der Waals surface area contributed by atoms with Crippen molar-refractivity contribution in [2.24, 2.45) is 5.92 Å². The number of amides is 2. The fourth-order valence-electron chi connectivity index (χ4n) is 3.80. The van der Waals surface area contributed by atoms with E-state index in [4.69, 9.17) is 11.6 Å². The van der Waals surface area contributed by atoms with Gasteiger partial charge in [-0.25, -0.2) is 8.42 Å². The van der Waals surface area contributed by atoms with E-state index in [1.165, 1.54) is 17.0 Å². The Morgan fingerprint density at radius 1 is 1.12 bits per heavy atom. The van der Waals surface area contributed by atoms with Crippen LogP contribution in [0.5, 0.6) is 0 Å². The first-order valence-corrected chi connectivity index (χ1v) is 12.7. The first kappa shape index (κ1) is 25.2. The van der Waals surface area contributed by atoms with Gasteiger partial charge in [0.05, 0.1) is 11.4 Å². The average molecular weight is 492 g/mol. The van der Waals surface area contributed by atoms with Crippen molar-refractivity contribution < 1.29 is 18.0 Å². The minimum Gasteiger partial charge on any atom is -0.354 e. The smallest absolute Gasteiger partial charge is 0.247 e. The zero-order valence-corrected chi connectivity index (χ0v) is 20.7. The summed E-state index contributed by atoms with van der Waals surface area (Å²) in [7, 11) is -3.95. The molecule has 0 unspecified atom stereocenters. The van der Waals surface area contributed by atoms with Gasteiger partial charge in [-0.3, -0.25) is 9.59 Å². The maximum atomic E-state index is 13.4. The number of rotatable bonds is 8. The Bertz CT molecular complexity index is 1090. The van der Waals surface area contributed by atoms with Crippen LogP contribution < -0.4 is 5.32 Å². The molecule has 0 aliphatic carbocycles. The Balaban J connectivity index is 1.93.